The zero-order chi connectivity index (χ0) is 28.6. The molecule has 0 saturated carbocycles. The molecule has 0 N–H and O–H groups in total. The predicted octanol–water partition coefficient (Wildman–Crippen LogP) is 4.78. The quantitative estimate of drug-likeness (QED) is 0.334. The van der Waals surface area contributed by atoms with Crippen molar-refractivity contribution >= 4 is 11.8 Å². The third-order valence-electron chi connectivity index (χ3n) is 6.57. The summed E-state index contributed by atoms with van der Waals surface area (Å²) in [7, 11) is 4.64. The van der Waals surface area contributed by atoms with Crippen molar-refractivity contribution in [2.45, 2.75) is 46.3 Å². The van der Waals surface area contributed by atoms with Crippen LogP contribution in [0.4, 0.5) is 0 Å². The summed E-state index contributed by atoms with van der Waals surface area (Å²) in [5.41, 5.74) is 3.34. The highest BCUT2D eigenvalue weighted by atomic mass is 16.5. The van der Waals surface area contributed by atoms with Crippen molar-refractivity contribution < 1.29 is 23.8 Å². The number of methoxy groups -OCH3 is 3. The van der Waals surface area contributed by atoms with E-state index in [4.69, 9.17) is 14.2 Å². The number of hydrogen-bond donors (Lipinski definition) is 0. The van der Waals surface area contributed by atoms with Gasteiger partial charge in [0.15, 0.2) is 0 Å². The summed E-state index contributed by atoms with van der Waals surface area (Å²) in [6.45, 7) is 9.72. The van der Waals surface area contributed by atoms with Gasteiger partial charge in [-0.25, -0.2) is 0 Å². The highest BCUT2D eigenvalue weighted by Gasteiger charge is 2.30. The Balaban J connectivity index is 1.84. The van der Waals surface area contributed by atoms with Crippen LogP contribution in [0.25, 0.3) is 0 Å². The predicted molar refractivity (Wildman–Crippen MR) is 152 cm³/mol. The number of nitrogens with zero attached hydrogens (tertiary/aromatic N) is 3. The summed E-state index contributed by atoms with van der Waals surface area (Å²) < 4.78 is 18.1. The van der Waals surface area contributed by atoms with Crippen molar-refractivity contribution in [1.29, 1.82) is 0 Å². The fraction of sp³-hybridized carbons (Fsp3) is 0.419. The molecule has 0 spiro atoms. The Morgan fingerprint density at radius 1 is 0.923 bits per heavy atom. The molecule has 1 aromatic heterocycles. The van der Waals surface area contributed by atoms with Crippen molar-refractivity contribution in [2.24, 2.45) is 0 Å². The van der Waals surface area contributed by atoms with Gasteiger partial charge in [0.05, 0.1) is 27.4 Å². The Hall–Kier alpha value is -3.78. The average molecular weight is 536 g/mol. The molecule has 3 rings (SSSR count). The Kier molecular flexibility index (Phi) is 10.2. The van der Waals surface area contributed by atoms with Gasteiger partial charge in [-0.1, -0.05) is 29.8 Å². The SMILES string of the molecule is COCCN(CC(=O)N(Cc1cccn1Cc1cccc(C)c1)C(C)(C)C)C(=O)c1cc(OC)cc(OC)c1. The van der Waals surface area contributed by atoms with Crippen LogP contribution in [-0.2, 0) is 22.6 Å². The molecule has 8 heteroatoms. The van der Waals surface area contributed by atoms with Crippen molar-refractivity contribution in [1.82, 2.24) is 14.4 Å². The van der Waals surface area contributed by atoms with E-state index < -0.39 is 5.54 Å². The van der Waals surface area contributed by atoms with Crippen LogP contribution in [-0.4, -0.2) is 72.7 Å². The molecule has 210 valence electrons. The smallest absolute Gasteiger partial charge is 0.254 e. The second kappa shape index (κ2) is 13.3. The van der Waals surface area contributed by atoms with Gasteiger partial charge in [-0.05, 0) is 57.5 Å². The summed E-state index contributed by atoms with van der Waals surface area (Å²) in [6, 6.07) is 17.5. The second-order valence-electron chi connectivity index (χ2n) is 10.6. The monoisotopic (exact) mass is 535 g/mol. The first-order chi connectivity index (χ1) is 18.5. The van der Waals surface area contributed by atoms with Crippen LogP contribution in [0, 0.1) is 6.92 Å². The largest absolute Gasteiger partial charge is 0.497 e. The van der Waals surface area contributed by atoms with E-state index in [-0.39, 0.29) is 24.9 Å². The summed E-state index contributed by atoms with van der Waals surface area (Å²) in [4.78, 5) is 30.7. The first-order valence-electron chi connectivity index (χ1n) is 13.1. The van der Waals surface area contributed by atoms with Gasteiger partial charge >= 0.3 is 0 Å². The van der Waals surface area contributed by atoms with Crippen LogP contribution in [0.5, 0.6) is 11.5 Å². The van der Waals surface area contributed by atoms with Crippen LogP contribution in [0.2, 0.25) is 0 Å². The minimum absolute atomic E-state index is 0.0857. The van der Waals surface area contributed by atoms with Crippen molar-refractivity contribution in [3.63, 3.8) is 0 Å². The van der Waals surface area contributed by atoms with E-state index in [1.54, 1.807) is 25.3 Å². The van der Waals surface area contributed by atoms with Crippen molar-refractivity contribution in [3.05, 3.63) is 83.2 Å². The normalized spacial score (nSPS) is 11.3. The van der Waals surface area contributed by atoms with Gasteiger partial charge < -0.3 is 28.6 Å². The average Bonchev–Trinajstić information content (AvgIpc) is 3.34. The van der Waals surface area contributed by atoms with E-state index in [1.165, 1.54) is 30.2 Å². The molecular formula is C31H41N3O5. The molecule has 1 heterocycles. The molecular weight excluding hydrogens is 494 g/mol. The third-order valence-corrected chi connectivity index (χ3v) is 6.57. The van der Waals surface area contributed by atoms with Gasteiger partial charge in [-0.15, -0.1) is 0 Å². The lowest BCUT2D eigenvalue weighted by molar-refractivity contribution is -0.137. The molecule has 0 aliphatic carbocycles. The summed E-state index contributed by atoms with van der Waals surface area (Å²) >= 11 is 0. The van der Waals surface area contributed by atoms with E-state index in [9.17, 15) is 9.59 Å². The Morgan fingerprint density at radius 3 is 2.21 bits per heavy atom. The number of carbonyl (C=O) groups excluding carboxylic acids is 2. The standard InChI is InChI=1S/C31H41N3O5/c1-23-10-8-11-24(16-23)20-32-13-9-12-26(32)21-34(31(2,3)4)29(35)22-33(14-15-37-5)30(36)25-17-27(38-6)19-28(18-25)39-7/h8-13,16-19H,14-15,20-22H2,1-7H3. The lowest BCUT2D eigenvalue weighted by Crippen LogP contribution is -2.50. The van der Waals surface area contributed by atoms with Crippen LogP contribution in [0.1, 0.15) is 48.0 Å². The Labute approximate surface area is 232 Å². The van der Waals surface area contributed by atoms with Gasteiger partial charge in [-0.3, -0.25) is 9.59 Å². The van der Waals surface area contributed by atoms with Gasteiger partial charge in [0, 0.05) is 49.3 Å². The fourth-order valence-electron chi connectivity index (χ4n) is 4.43. The molecule has 0 bridgehead atoms. The number of rotatable bonds is 12. The van der Waals surface area contributed by atoms with Crippen LogP contribution < -0.4 is 9.47 Å². The number of aromatic nitrogens is 1. The maximum atomic E-state index is 13.8. The molecule has 39 heavy (non-hydrogen) atoms. The Bertz CT molecular complexity index is 1240. The maximum Gasteiger partial charge on any atom is 0.254 e. The lowest BCUT2D eigenvalue weighted by atomic mass is 10.0. The third kappa shape index (κ3) is 8.10. The number of amides is 2. The number of carbonyl (C=O) groups is 2. The minimum atomic E-state index is -0.468. The molecule has 8 nitrogen and oxygen atoms in total. The van der Waals surface area contributed by atoms with Crippen molar-refractivity contribution in [2.75, 3.05) is 41.0 Å². The molecule has 0 unspecified atom stereocenters. The van der Waals surface area contributed by atoms with Gasteiger partial charge in [-0.2, -0.15) is 0 Å². The number of benzene rings is 2. The summed E-state index contributed by atoms with van der Waals surface area (Å²) in [5.74, 6) is 0.558. The van der Waals surface area contributed by atoms with Gasteiger partial charge in [0.25, 0.3) is 5.91 Å². The fourth-order valence-corrected chi connectivity index (χ4v) is 4.43. The molecule has 0 atom stereocenters. The van der Waals surface area contributed by atoms with Gasteiger partial charge in [0.2, 0.25) is 5.91 Å². The van der Waals surface area contributed by atoms with Crippen LogP contribution in [0.15, 0.2) is 60.8 Å². The minimum Gasteiger partial charge on any atom is -0.497 e. The van der Waals surface area contributed by atoms with E-state index in [1.807, 2.05) is 44.0 Å². The molecule has 0 saturated heterocycles. The van der Waals surface area contributed by atoms with Crippen LogP contribution >= 0.6 is 0 Å². The Morgan fingerprint density at radius 2 is 1.62 bits per heavy atom. The molecule has 0 aliphatic heterocycles. The number of ether oxygens (including phenoxy) is 3. The molecule has 3 aromatic rings. The molecule has 0 radical (unpaired) electrons. The highest BCUT2D eigenvalue weighted by molar-refractivity contribution is 5.97. The van der Waals surface area contributed by atoms with Crippen molar-refractivity contribution in [3.8, 4) is 11.5 Å². The summed E-state index contributed by atoms with van der Waals surface area (Å²) in [5, 5.41) is 0. The second-order valence-corrected chi connectivity index (χ2v) is 10.6. The molecule has 2 amide bonds. The van der Waals surface area contributed by atoms with Gasteiger partial charge in [0.1, 0.15) is 18.0 Å². The molecule has 0 fully saturated rings. The zero-order valence-corrected chi connectivity index (χ0v) is 24.2. The number of hydrogen-bond acceptors (Lipinski definition) is 5. The van der Waals surface area contributed by atoms with Crippen LogP contribution in [0.3, 0.4) is 0 Å². The molecule has 2 aromatic carbocycles. The van der Waals surface area contributed by atoms with E-state index in [0.29, 0.717) is 36.8 Å². The summed E-state index contributed by atoms with van der Waals surface area (Å²) in [6.07, 6.45) is 2.04. The first-order valence-corrected chi connectivity index (χ1v) is 13.1. The van der Waals surface area contributed by atoms with E-state index >= 15 is 0 Å². The number of aryl methyl sites for hydroxylation is 1. The maximum absolute atomic E-state index is 13.8. The van der Waals surface area contributed by atoms with E-state index in [2.05, 4.69) is 35.8 Å². The zero-order valence-electron chi connectivity index (χ0n) is 24.2. The lowest BCUT2D eigenvalue weighted by Gasteiger charge is -2.37. The first kappa shape index (κ1) is 29.8. The molecule has 0 aliphatic rings. The van der Waals surface area contributed by atoms with E-state index in [0.717, 1.165) is 5.69 Å². The highest BCUT2D eigenvalue weighted by Crippen LogP contribution is 2.24. The topological polar surface area (TPSA) is 73.2 Å².